The second-order valence-electron chi connectivity index (χ2n) is 3.92. The second-order valence-corrected chi connectivity index (χ2v) is 3.92. The fourth-order valence-corrected chi connectivity index (χ4v) is 1.54. The van der Waals surface area contributed by atoms with E-state index in [1.165, 1.54) is 24.4 Å². The molecule has 0 aliphatic rings. The van der Waals surface area contributed by atoms with Crippen LogP contribution in [0.25, 0.3) is 0 Å². The Bertz CT molecular complexity index is 614. The number of nitrogens with two attached hydrogens (primary N) is 1. The first-order valence-corrected chi connectivity index (χ1v) is 5.60. The molecule has 0 aliphatic heterocycles. The lowest BCUT2D eigenvalue weighted by molar-refractivity contribution is -0.137. The van der Waals surface area contributed by atoms with E-state index in [-0.39, 0.29) is 17.9 Å². The molecule has 0 atom stereocenters. The molecule has 0 radical (unpaired) electrons. The molecule has 2 aromatic rings. The Balaban J connectivity index is 2.31. The number of nitrogens with zero attached hydrogens (tertiary/aromatic N) is 1. The zero-order valence-corrected chi connectivity index (χ0v) is 10.1. The van der Waals surface area contributed by atoms with Crippen LogP contribution >= 0.6 is 0 Å². The minimum absolute atomic E-state index is 0.0622. The van der Waals surface area contributed by atoms with Gasteiger partial charge in [-0.2, -0.15) is 13.2 Å². The number of ether oxygens (including phenoxy) is 1. The molecule has 1 aromatic heterocycles. The number of rotatable bonds is 3. The third-order valence-electron chi connectivity index (χ3n) is 2.53. The quantitative estimate of drug-likeness (QED) is 0.879. The smallest absolute Gasteiger partial charge is 0.416 e. The Morgan fingerprint density at radius 1 is 1.20 bits per heavy atom. The van der Waals surface area contributed by atoms with Crippen LogP contribution in [0.15, 0.2) is 36.5 Å². The van der Waals surface area contributed by atoms with Crippen molar-refractivity contribution >= 4 is 0 Å². The third kappa shape index (κ3) is 3.05. The molecular weight excluding hydrogens is 276 g/mol. The van der Waals surface area contributed by atoms with Gasteiger partial charge in [0.15, 0.2) is 5.82 Å². The van der Waals surface area contributed by atoms with Crippen LogP contribution in [0, 0.1) is 5.82 Å². The van der Waals surface area contributed by atoms with Gasteiger partial charge >= 0.3 is 6.18 Å². The van der Waals surface area contributed by atoms with Gasteiger partial charge in [0.25, 0.3) is 5.88 Å². The van der Waals surface area contributed by atoms with E-state index in [0.29, 0.717) is 0 Å². The highest BCUT2D eigenvalue weighted by molar-refractivity contribution is 5.34. The summed E-state index contributed by atoms with van der Waals surface area (Å²) in [6, 6.07) is 5.49. The van der Waals surface area contributed by atoms with Crippen LogP contribution in [0.5, 0.6) is 11.6 Å². The van der Waals surface area contributed by atoms with Crippen molar-refractivity contribution in [1.29, 1.82) is 0 Å². The van der Waals surface area contributed by atoms with Gasteiger partial charge in [0.1, 0.15) is 5.75 Å². The second kappa shape index (κ2) is 5.46. The van der Waals surface area contributed by atoms with Gasteiger partial charge in [-0.1, -0.05) is 6.07 Å². The first kappa shape index (κ1) is 14.3. The van der Waals surface area contributed by atoms with Crippen molar-refractivity contribution < 1.29 is 22.3 Å². The normalized spacial score (nSPS) is 11.4. The summed E-state index contributed by atoms with van der Waals surface area (Å²) in [5.41, 5.74) is 4.61. The van der Waals surface area contributed by atoms with E-state index < -0.39 is 23.4 Å². The minimum atomic E-state index is -4.50. The first-order chi connectivity index (χ1) is 9.41. The molecule has 0 saturated heterocycles. The molecular formula is C13H10F4N2O. The van der Waals surface area contributed by atoms with E-state index in [4.69, 9.17) is 10.5 Å². The Hall–Kier alpha value is -2.15. The minimum Gasteiger partial charge on any atom is -0.436 e. The molecule has 1 aromatic carbocycles. The van der Waals surface area contributed by atoms with E-state index in [2.05, 4.69) is 4.98 Å². The number of aromatic nitrogens is 1. The molecule has 0 amide bonds. The molecule has 106 valence electrons. The number of benzene rings is 1. The van der Waals surface area contributed by atoms with Crippen molar-refractivity contribution in [2.45, 2.75) is 12.7 Å². The van der Waals surface area contributed by atoms with Crippen molar-refractivity contribution in [3.05, 3.63) is 53.5 Å². The third-order valence-corrected chi connectivity index (χ3v) is 2.53. The largest absolute Gasteiger partial charge is 0.436 e. The van der Waals surface area contributed by atoms with E-state index in [1.807, 2.05) is 0 Å². The van der Waals surface area contributed by atoms with Gasteiger partial charge < -0.3 is 10.5 Å². The molecule has 0 bridgehead atoms. The molecule has 20 heavy (non-hydrogen) atoms. The van der Waals surface area contributed by atoms with Crippen LogP contribution in [0.4, 0.5) is 17.6 Å². The predicted molar refractivity (Wildman–Crippen MR) is 63.6 cm³/mol. The van der Waals surface area contributed by atoms with Gasteiger partial charge in [0, 0.05) is 18.3 Å². The summed E-state index contributed by atoms with van der Waals surface area (Å²) in [6.45, 7) is -0.0622. The Morgan fingerprint density at radius 2 is 1.95 bits per heavy atom. The monoisotopic (exact) mass is 286 g/mol. The van der Waals surface area contributed by atoms with E-state index in [0.717, 1.165) is 12.1 Å². The standard InChI is InChI=1S/C13H10F4N2O/c14-11-8(7-18)4-5-19-12(11)20-10-3-1-2-9(6-10)13(15,16)17/h1-6H,7,18H2. The van der Waals surface area contributed by atoms with Crippen molar-refractivity contribution in [2.75, 3.05) is 0 Å². The summed E-state index contributed by atoms with van der Waals surface area (Å²) in [5.74, 6) is -1.35. The summed E-state index contributed by atoms with van der Waals surface area (Å²) in [7, 11) is 0. The number of pyridine rings is 1. The number of hydrogen-bond donors (Lipinski definition) is 1. The molecule has 3 nitrogen and oxygen atoms in total. The summed E-state index contributed by atoms with van der Waals surface area (Å²) >= 11 is 0. The average Bonchev–Trinajstić information content (AvgIpc) is 2.40. The Kier molecular flexibility index (Phi) is 3.89. The zero-order valence-electron chi connectivity index (χ0n) is 10.1. The van der Waals surface area contributed by atoms with E-state index in [9.17, 15) is 17.6 Å². The number of hydrogen-bond acceptors (Lipinski definition) is 3. The average molecular weight is 286 g/mol. The molecule has 0 saturated carbocycles. The molecule has 2 N–H and O–H groups in total. The SMILES string of the molecule is NCc1ccnc(Oc2cccc(C(F)(F)F)c2)c1F. The summed E-state index contributed by atoms with van der Waals surface area (Å²) in [4.78, 5) is 3.64. The lowest BCUT2D eigenvalue weighted by atomic mass is 10.2. The molecule has 0 spiro atoms. The van der Waals surface area contributed by atoms with Crippen LogP contribution in [0.2, 0.25) is 0 Å². The summed E-state index contributed by atoms with van der Waals surface area (Å²) in [6.07, 6.45) is -3.22. The molecule has 7 heteroatoms. The van der Waals surface area contributed by atoms with Crippen LogP contribution < -0.4 is 10.5 Å². The van der Waals surface area contributed by atoms with Crippen molar-refractivity contribution in [1.82, 2.24) is 4.98 Å². The van der Waals surface area contributed by atoms with Crippen molar-refractivity contribution in [3.63, 3.8) is 0 Å². The van der Waals surface area contributed by atoms with Gasteiger partial charge in [-0.3, -0.25) is 0 Å². The number of alkyl halides is 3. The van der Waals surface area contributed by atoms with E-state index in [1.54, 1.807) is 0 Å². The van der Waals surface area contributed by atoms with Gasteiger partial charge in [-0.05, 0) is 24.3 Å². The Labute approximate surface area is 112 Å². The van der Waals surface area contributed by atoms with Crippen molar-refractivity contribution in [3.8, 4) is 11.6 Å². The molecule has 0 unspecified atom stereocenters. The highest BCUT2D eigenvalue weighted by atomic mass is 19.4. The molecule has 0 fully saturated rings. The summed E-state index contributed by atoms with van der Waals surface area (Å²) in [5, 5.41) is 0. The highest BCUT2D eigenvalue weighted by Gasteiger charge is 2.30. The zero-order chi connectivity index (χ0) is 14.8. The summed E-state index contributed by atoms with van der Waals surface area (Å²) < 4.78 is 56.5. The van der Waals surface area contributed by atoms with Gasteiger partial charge in [-0.25, -0.2) is 9.37 Å². The first-order valence-electron chi connectivity index (χ1n) is 5.60. The van der Waals surface area contributed by atoms with E-state index >= 15 is 0 Å². The number of halogens is 4. The molecule has 1 heterocycles. The van der Waals surface area contributed by atoms with Gasteiger partial charge in [-0.15, -0.1) is 0 Å². The lowest BCUT2D eigenvalue weighted by Gasteiger charge is -2.10. The highest BCUT2D eigenvalue weighted by Crippen LogP contribution is 2.32. The van der Waals surface area contributed by atoms with Crippen LogP contribution in [0.1, 0.15) is 11.1 Å². The predicted octanol–water partition coefficient (Wildman–Crippen LogP) is 3.49. The van der Waals surface area contributed by atoms with Gasteiger partial charge in [0.05, 0.1) is 5.56 Å². The Morgan fingerprint density at radius 3 is 2.60 bits per heavy atom. The van der Waals surface area contributed by atoms with Crippen LogP contribution in [-0.2, 0) is 12.7 Å². The molecule has 0 aliphatic carbocycles. The maximum absolute atomic E-state index is 13.8. The maximum Gasteiger partial charge on any atom is 0.416 e. The topological polar surface area (TPSA) is 48.1 Å². The fourth-order valence-electron chi connectivity index (χ4n) is 1.54. The van der Waals surface area contributed by atoms with Crippen LogP contribution in [0.3, 0.4) is 0 Å². The van der Waals surface area contributed by atoms with Gasteiger partial charge in [0.2, 0.25) is 0 Å². The maximum atomic E-state index is 13.8. The molecule has 2 rings (SSSR count). The van der Waals surface area contributed by atoms with Crippen molar-refractivity contribution in [2.24, 2.45) is 5.73 Å². The fraction of sp³-hybridized carbons (Fsp3) is 0.154. The lowest BCUT2D eigenvalue weighted by Crippen LogP contribution is -2.05. The van der Waals surface area contributed by atoms with Crippen LogP contribution in [-0.4, -0.2) is 4.98 Å².